The molecule has 40 heavy (non-hydrogen) atoms. The maximum Gasteiger partial charge on any atom is 0.423 e. The van der Waals surface area contributed by atoms with Crippen LogP contribution in [-0.4, -0.2) is 24.7 Å². The molecule has 2 fully saturated rings. The van der Waals surface area contributed by atoms with Crippen molar-refractivity contribution >= 4 is 16.5 Å². The number of nitrogen functional groups attached to an aromatic ring is 1. The highest BCUT2D eigenvalue weighted by atomic mass is 19.4. The average molecular weight is 559 g/mol. The number of fused-ring (bicyclic) bond motifs is 1. The molecule has 4 aromatic rings. The molecule has 0 bridgehead atoms. The van der Waals surface area contributed by atoms with Gasteiger partial charge in [0.1, 0.15) is 11.4 Å². The number of halogens is 4. The van der Waals surface area contributed by atoms with Crippen molar-refractivity contribution in [3.63, 3.8) is 0 Å². The number of pyridine rings is 1. The van der Waals surface area contributed by atoms with E-state index in [1.54, 1.807) is 42.9 Å². The van der Waals surface area contributed by atoms with Gasteiger partial charge in [-0.2, -0.15) is 18.3 Å². The largest absolute Gasteiger partial charge is 0.423 e. The highest BCUT2D eigenvalue weighted by Crippen LogP contribution is 2.39. The summed E-state index contributed by atoms with van der Waals surface area (Å²) in [6.07, 6.45) is 12.6. The maximum atomic E-state index is 14.4. The van der Waals surface area contributed by atoms with Crippen molar-refractivity contribution in [1.82, 2.24) is 24.7 Å². The van der Waals surface area contributed by atoms with E-state index in [-0.39, 0.29) is 5.56 Å². The number of nitrogens with two attached hydrogens (primary N) is 1. The van der Waals surface area contributed by atoms with Crippen LogP contribution in [0, 0.1) is 5.82 Å². The van der Waals surface area contributed by atoms with Crippen LogP contribution < -0.4 is 16.9 Å². The zero-order valence-corrected chi connectivity index (χ0v) is 22.0. The monoisotopic (exact) mass is 558 g/mol. The summed E-state index contributed by atoms with van der Waals surface area (Å²) < 4.78 is 51.7. The van der Waals surface area contributed by atoms with Crippen LogP contribution in [0.4, 0.5) is 23.2 Å². The second-order valence-electron chi connectivity index (χ2n) is 9.91. The number of hydrogen-bond donors (Lipinski definition) is 2. The molecular formula is C28H30F4N6O2. The first kappa shape index (κ1) is 28.9. The first-order valence-corrected chi connectivity index (χ1v) is 13.1. The predicted molar refractivity (Wildman–Crippen MR) is 144 cm³/mol. The summed E-state index contributed by atoms with van der Waals surface area (Å²) in [6.45, 7) is 0. The van der Waals surface area contributed by atoms with Gasteiger partial charge < -0.3 is 10.3 Å². The number of rotatable bonds is 2. The molecule has 1 aromatic carbocycles. The number of benzene rings is 1. The first-order chi connectivity index (χ1) is 19.1. The molecule has 2 aliphatic carbocycles. The van der Waals surface area contributed by atoms with E-state index in [1.807, 2.05) is 0 Å². The summed E-state index contributed by atoms with van der Waals surface area (Å²) in [5.41, 5.74) is 2.71. The van der Waals surface area contributed by atoms with Crippen LogP contribution in [0.15, 0.2) is 52.6 Å². The minimum Gasteiger partial charge on any atom is -0.397 e. The van der Waals surface area contributed by atoms with Crippen LogP contribution >= 0.6 is 0 Å². The summed E-state index contributed by atoms with van der Waals surface area (Å²) in [5.74, 6) is 0.443. The number of aryl methyl sites for hydroxylation is 1. The van der Waals surface area contributed by atoms with E-state index in [1.165, 1.54) is 62.0 Å². The molecule has 0 amide bonds. The molecule has 0 spiro atoms. The molecule has 212 valence electrons. The van der Waals surface area contributed by atoms with Crippen LogP contribution in [0.5, 0.6) is 0 Å². The Labute approximate surface area is 227 Å². The van der Waals surface area contributed by atoms with E-state index in [0.717, 1.165) is 11.8 Å². The highest BCUT2D eigenvalue weighted by Gasteiger charge is 2.36. The van der Waals surface area contributed by atoms with Crippen molar-refractivity contribution < 1.29 is 17.6 Å². The van der Waals surface area contributed by atoms with Crippen LogP contribution in [0.3, 0.4) is 0 Å². The molecule has 2 aliphatic rings. The van der Waals surface area contributed by atoms with Gasteiger partial charge in [0.25, 0.3) is 11.1 Å². The van der Waals surface area contributed by atoms with E-state index in [4.69, 9.17) is 5.73 Å². The molecule has 2 saturated carbocycles. The van der Waals surface area contributed by atoms with Gasteiger partial charge in [0.05, 0.1) is 22.8 Å². The molecule has 8 nitrogen and oxygen atoms in total. The van der Waals surface area contributed by atoms with Gasteiger partial charge in [0.2, 0.25) is 0 Å². The van der Waals surface area contributed by atoms with Gasteiger partial charge in [-0.25, -0.2) is 19.5 Å². The third kappa shape index (κ3) is 7.10. The minimum atomic E-state index is -4.74. The third-order valence-electron chi connectivity index (χ3n) is 6.80. The number of aromatic amines is 1. The van der Waals surface area contributed by atoms with Gasteiger partial charge >= 0.3 is 6.18 Å². The molecule has 0 saturated heterocycles. The van der Waals surface area contributed by atoms with Gasteiger partial charge in [0.15, 0.2) is 5.82 Å². The smallest absolute Gasteiger partial charge is 0.397 e. The van der Waals surface area contributed by atoms with E-state index >= 15 is 0 Å². The van der Waals surface area contributed by atoms with Crippen molar-refractivity contribution in [2.75, 3.05) is 5.73 Å². The predicted octanol–water partition coefficient (Wildman–Crippen LogP) is 5.72. The number of nitrogens with zero attached hydrogens (tertiary/aromatic N) is 4. The quantitative estimate of drug-likeness (QED) is 0.304. The third-order valence-corrected chi connectivity index (χ3v) is 6.80. The zero-order chi connectivity index (χ0) is 28.9. The molecule has 3 heterocycles. The fraction of sp³-hybridized carbons (Fsp3) is 0.393. The zero-order valence-electron chi connectivity index (χ0n) is 22.0. The van der Waals surface area contributed by atoms with E-state index in [9.17, 15) is 27.2 Å². The normalized spacial score (nSPS) is 15.0. The van der Waals surface area contributed by atoms with Gasteiger partial charge in [-0.05, 0) is 47.9 Å². The standard InChI is InChI=1S/C17H14FN3O.C6H12.C5H4F3N3O/c1-21-5-4-11-6-14(15(18)7-13(11)17(21)22)16-19-8-12(9-20-16)10-2-3-10;1-2-4-6-5-3-1;6-5(7,8)3-2(9)1-10-11-4(3)12/h4-10H,2-3H2,1H3;1-6H2;1H,(H3,9,11,12). The van der Waals surface area contributed by atoms with Crippen LogP contribution in [0.25, 0.3) is 22.2 Å². The van der Waals surface area contributed by atoms with Crippen LogP contribution in [-0.2, 0) is 13.2 Å². The molecule has 6 rings (SSSR count). The molecule has 3 N–H and O–H groups in total. The lowest BCUT2D eigenvalue weighted by atomic mass is 10.0. The summed E-state index contributed by atoms with van der Waals surface area (Å²) in [4.78, 5) is 31.2. The topological polar surface area (TPSA) is 120 Å². The number of nitrogens with one attached hydrogen (secondary N) is 1. The Morgan fingerprint density at radius 3 is 2.08 bits per heavy atom. The summed E-state index contributed by atoms with van der Waals surface area (Å²) in [5, 5.41) is 5.79. The molecular weight excluding hydrogens is 528 g/mol. The molecule has 0 aliphatic heterocycles. The van der Waals surface area contributed by atoms with Crippen molar-refractivity contribution in [2.24, 2.45) is 7.05 Å². The summed E-state index contributed by atoms with van der Waals surface area (Å²) >= 11 is 0. The van der Waals surface area contributed by atoms with E-state index < -0.39 is 28.8 Å². The molecule has 0 unspecified atom stereocenters. The molecule has 0 radical (unpaired) electrons. The van der Waals surface area contributed by atoms with Crippen molar-refractivity contribution in [3.05, 3.63) is 80.6 Å². The number of H-pyrrole nitrogens is 1. The number of anilines is 1. The van der Waals surface area contributed by atoms with Crippen LogP contribution in [0.2, 0.25) is 0 Å². The van der Waals surface area contributed by atoms with Gasteiger partial charge in [-0.1, -0.05) is 38.5 Å². The lowest BCUT2D eigenvalue weighted by molar-refractivity contribution is -0.138. The Bertz CT molecular complexity index is 1560. The summed E-state index contributed by atoms with van der Waals surface area (Å²) in [6, 6.07) is 4.70. The van der Waals surface area contributed by atoms with Gasteiger partial charge in [-0.15, -0.1) is 0 Å². The van der Waals surface area contributed by atoms with Gasteiger partial charge in [-0.3, -0.25) is 9.59 Å². The Morgan fingerprint density at radius 2 is 1.57 bits per heavy atom. The highest BCUT2D eigenvalue weighted by molar-refractivity contribution is 5.85. The maximum absolute atomic E-state index is 14.4. The Morgan fingerprint density at radius 1 is 0.975 bits per heavy atom. The minimum absolute atomic E-state index is 0.215. The fourth-order valence-corrected chi connectivity index (χ4v) is 4.40. The van der Waals surface area contributed by atoms with Crippen molar-refractivity contribution in [2.45, 2.75) is 63.5 Å². The number of aromatic nitrogens is 5. The average Bonchev–Trinajstić information content (AvgIpc) is 3.78. The lowest BCUT2D eigenvalue weighted by Gasteiger charge is -2.06. The van der Waals surface area contributed by atoms with E-state index in [0.29, 0.717) is 28.1 Å². The molecule has 3 aromatic heterocycles. The fourth-order valence-electron chi connectivity index (χ4n) is 4.40. The Balaban J connectivity index is 0.000000171. The second-order valence-corrected chi connectivity index (χ2v) is 9.91. The number of hydrogen-bond acceptors (Lipinski definition) is 6. The SMILES string of the molecule is C1CCCCC1.Cn1ccc2cc(-c3ncc(C4CC4)cn3)c(F)cc2c1=O.Nc1cn[nH]c(=O)c1C(F)(F)F. The first-order valence-electron chi connectivity index (χ1n) is 13.1. The lowest BCUT2D eigenvalue weighted by Crippen LogP contribution is -2.24. The Hall–Kier alpha value is -4.09. The van der Waals surface area contributed by atoms with E-state index in [2.05, 4.69) is 15.1 Å². The van der Waals surface area contributed by atoms with Crippen molar-refractivity contribution in [3.8, 4) is 11.4 Å². The van der Waals surface area contributed by atoms with Gasteiger partial charge in [0, 0.05) is 25.6 Å². The molecule has 0 atom stereocenters. The Kier molecular flexibility index (Phi) is 8.96. The molecule has 12 heteroatoms. The number of alkyl halides is 3. The second kappa shape index (κ2) is 12.4. The summed E-state index contributed by atoms with van der Waals surface area (Å²) in [7, 11) is 1.65. The van der Waals surface area contributed by atoms with Crippen LogP contribution in [0.1, 0.15) is 68.4 Å². The van der Waals surface area contributed by atoms with Crippen molar-refractivity contribution in [1.29, 1.82) is 0 Å².